The Morgan fingerprint density at radius 1 is 1.10 bits per heavy atom. The van der Waals surface area contributed by atoms with Crippen LogP contribution in [0, 0.1) is 5.41 Å². The Hall–Kier alpha value is -2.57. The summed E-state index contributed by atoms with van der Waals surface area (Å²) < 4.78 is 10.5. The molecule has 7 nitrogen and oxygen atoms in total. The van der Waals surface area contributed by atoms with Crippen molar-refractivity contribution < 1.29 is 23.9 Å². The largest absolute Gasteiger partial charge is 0.454 e. The van der Waals surface area contributed by atoms with E-state index in [1.54, 1.807) is 25.1 Å². The molecule has 1 saturated heterocycles. The van der Waals surface area contributed by atoms with Gasteiger partial charge in [0, 0.05) is 0 Å². The third-order valence-corrected chi connectivity index (χ3v) is 3.87. The average molecular weight is 290 g/mol. The summed E-state index contributed by atoms with van der Waals surface area (Å²) in [5, 5.41) is 4.32. The molecule has 2 aliphatic heterocycles. The number of hydrogen-bond donors (Lipinski definition) is 2. The van der Waals surface area contributed by atoms with Crippen molar-refractivity contribution in [1.82, 2.24) is 10.6 Å². The summed E-state index contributed by atoms with van der Waals surface area (Å²) >= 11 is 0. The molecular weight excluding hydrogens is 276 g/mol. The number of ether oxygens (including phenoxy) is 2. The highest BCUT2D eigenvalue weighted by Gasteiger charge is 2.48. The van der Waals surface area contributed by atoms with Crippen LogP contribution < -0.4 is 20.1 Å². The Labute approximate surface area is 120 Å². The number of rotatable bonds is 3. The van der Waals surface area contributed by atoms with Crippen LogP contribution in [0.1, 0.15) is 18.9 Å². The molecule has 0 radical (unpaired) electrons. The van der Waals surface area contributed by atoms with Crippen molar-refractivity contribution in [2.45, 2.75) is 19.8 Å². The van der Waals surface area contributed by atoms with E-state index < -0.39 is 23.3 Å². The highest BCUT2D eigenvalue weighted by molar-refractivity contribution is 6.19. The Morgan fingerprint density at radius 2 is 1.76 bits per heavy atom. The molecule has 2 N–H and O–H groups in total. The Morgan fingerprint density at radius 3 is 2.43 bits per heavy atom. The topological polar surface area (TPSA) is 93.7 Å². The molecule has 2 heterocycles. The second-order valence-corrected chi connectivity index (χ2v) is 5.04. The monoisotopic (exact) mass is 290 g/mol. The number of carbonyl (C=O) groups excluding carboxylic acids is 3. The fourth-order valence-corrected chi connectivity index (χ4v) is 2.59. The minimum Gasteiger partial charge on any atom is -0.454 e. The number of fused-ring (bicyclic) bond motifs is 1. The molecule has 0 bridgehead atoms. The predicted octanol–water partition coefficient (Wildman–Crippen LogP) is 0.720. The molecule has 0 aromatic heterocycles. The molecule has 110 valence electrons. The normalized spacial score (nSPS) is 19.2. The number of imide groups is 2. The highest BCUT2D eigenvalue weighted by atomic mass is 16.7. The van der Waals surface area contributed by atoms with E-state index in [0.717, 1.165) is 5.56 Å². The van der Waals surface area contributed by atoms with Crippen LogP contribution in [-0.2, 0) is 16.0 Å². The molecule has 1 fully saturated rings. The van der Waals surface area contributed by atoms with Gasteiger partial charge in [0.25, 0.3) is 0 Å². The van der Waals surface area contributed by atoms with E-state index in [2.05, 4.69) is 10.6 Å². The smallest absolute Gasteiger partial charge is 0.328 e. The molecule has 3 rings (SSSR count). The number of hydrogen-bond acceptors (Lipinski definition) is 5. The lowest BCUT2D eigenvalue weighted by Crippen LogP contribution is -2.63. The van der Waals surface area contributed by atoms with Crippen molar-refractivity contribution in [1.29, 1.82) is 0 Å². The van der Waals surface area contributed by atoms with Crippen LogP contribution in [0.4, 0.5) is 4.79 Å². The third-order valence-electron chi connectivity index (χ3n) is 3.87. The summed E-state index contributed by atoms with van der Waals surface area (Å²) in [4.78, 5) is 35.5. The molecular formula is C14H14N2O5. The highest BCUT2D eigenvalue weighted by Crippen LogP contribution is 2.36. The third kappa shape index (κ3) is 2.10. The molecule has 1 aromatic carbocycles. The first-order valence-corrected chi connectivity index (χ1v) is 6.60. The van der Waals surface area contributed by atoms with Gasteiger partial charge in [-0.05, 0) is 30.5 Å². The predicted molar refractivity (Wildman–Crippen MR) is 70.7 cm³/mol. The summed E-state index contributed by atoms with van der Waals surface area (Å²) in [7, 11) is 0. The number of nitrogens with one attached hydrogen (secondary N) is 2. The van der Waals surface area contributed by atoms with Crippen molar-refractivity contribution in [3.8, 4) is 11.5 Å². The lowest BCUT2D eigenvalue weighted by atomic mass is 9.76. The van der Waals surface area contributed by atoms with Gasteiger partial charge in [-0.2, -0.15) is 0 Å². The molecule has 21 heavy (non-hydrogen) atoms. The first kappa shape index (κ1) is 13.4. The van der Waals surface area contributed by atoms with Crippen molar-refractivity contribution in [2.75, 3.05) is 6.79 Å². The van der Waals surface area contributed by atoms with E-state index in [0.29, 0.717) is 11.5 Å². The maximum atomic E-state index is 12.2. The molecule has 0 spiro atoms. The zero-order valence-electron chi connectivity index (χ0n) is 11.4. The first-order valence-electron chi connectivity index (χ1n) is 6.60. The Balaban J connectivity index is 1.92. The first-order chi connectivity index (χ1) is 10.0. The van der Waals surface area contributed by atoms with E-state index in [-0.39, 0.29) is 19.6 Å². The van der Waals surface area contributed by atoms with Crippen LogP contribution in [0.5, 0.6) is 11.5 Å². The molecule has 1 aromatic rings. The molecule has 4 amide bonds. The number of barbiturate groups is 1. The van der Waals surface area contributed by atoms with E-state index >= 15 is 0 Å². The number of benzene rings is 1. The van der Waals surface area contributed by atoms with Crippen LogP contribution in [0.2, 0.25) is 0 Å². The summed E-state index contributed by atoms with van der Waals surface area (Å²) in [6, 6.07) is 4.49. The molecule has 2 aliphatic rings. The SMILES string of the molecule is CCC1(Cc2ccc3c(c2)OCO3)C(=O)NC(=O)NC1=O. The lowest BCUT2D eigenvalue weighted by molar-refractivity contribution is -0.144. The van der Waals surface area contributed by atoms with Crippen molar-refractivity contribution in [3.05, 3.63) is 23.8 Å². The van der Waals surface area contributed by atoms with E-state index in [4.69, 9.17) is 9.47 Å². The maximum absolute atomic E-state index is 12.2. The quantitative estimate of drug-likeness (QED) is 0.800. The van der Waals surface area contributed by atoms with Gasteiger partial charge in [0.2, 0.25) is 18.6 Å². The standard InChI is InChI=1S/C14H14N2O5/c1-2-14(11(17)15-13(19)16-12(14)18)6-8-3-4-9-10(5-8)21-7-20-9/h3-5H,2,6-7H2,1H3,(H2,15,16,17,18,19). The summed E-state index contributed by atoms with van der Waals surface area (Å²) in [6.07, 6.45) is 0.470. The van der Waals surface area contributed by atoms with Gasteiger partial charge in [-0.3, -0.25) is 20.2 Å². The van der Waals surface area contributed by atoms with Gasteiger partial charge in [-0.1, -0.05) is 13.0 Å². The summed E-state index contributed by atoms with van der Waals surface area (Å²) in [6.45, 7) is 1.90. The maximum Gasteiger partial charge on any atom is 0.328 e. The fourth-order valence-electron chi connectivity index (χ4n) is 2.59. The fraction of sp³-hybridized carbons (Fsp3) is 0.357. The Bertz CT molecular complexity index is 620. The molecule has 0 saturated carbocycles. The average Bonchev–Trinajstić information content (AvgIpc) is 2.90. The van der Waals surface area contributed by atoms with Gasteiger partial charge >= 0.3 is 6.03 Å². The summed E-state index contributed by atoms with van der Waals surface area (Å²) in [5.74, 6) is 0.0799. The van der Waals surface area contributed by atoms with Gasteiger partial charge in [-0.25, -0.2) is 4.79 Å². The number of urea groups is 1. The molecule has 7 heteroatoms. The lowest BCUT2D eigenvalue weighted by Gasteiger charge is -2.33. The van der Waals surface area contributed by atoms with E-state index in [1.165, 1.54) is 0 Å². The van der Waals surface area contributed by atoms with Gasteiger partial charge in [0.15, 0.2) is 11.5 Å². The molecule has 0 unspecified atom stereocenters. The van der Waals surface area contributed by atoms with Gasteiger partial charge in [-0.15, -0.1) is 0 Å². The van der Waals surface area contributed by atoms with Crippen LogP contribution >= 0.6 is 0 Å². The van der Waals surface area contributed by atoms with Crippen LogP contribution in [-0.4, -0.2) is 24.6 Å². The van der Waals surface area contributed by atoms with Crippen LogP contribution in [0.25, 0.3) is 0 Å². The van der Waals surface area contributed by atoms with E-state index in [1.807, 2.05) is 0 Å². The van der Waals surface area contributed by atoms with Crippen molar-refractivity contribution in [2.24, 2.45) is 5.41 Å². The zero-order valence-corrected chi connectivity index (χ0v) is 11.4. The van der Waals surface area contributed by atoms with Crippen molar-refractivity contribution in [3.63, 3.8) is 0 Å². The van der Waals surface area contributed by atoms with Gasteiger partial charge in [0.1, 0.15) is 5.41 Å². The minimum absolute atomic E-state index is 0.160. The second kappa shape index (κ2) is 4.76. The van der Waals surface area contributed by atoms with Crippen LogP contribution in [0.3, 0.4) is 0 Å². The van der Waals surface area contributed by atoms with Gasteiger partial charge in [0.05, 0.1) is 0 Å². The zero-order chi connectivity index (χ0) is 15.0. The Kier molecular flexibility index (Phi) is 3.04. The number of amides is 4. The van der Waals surface area contributed by atoms with Crippen LogP contribution in [0.15, 0.2) is 18.2 Å². The van der Waals surface area contributed by atoms with Gasteiger partial charge < -0.3 is 9.47 Å². The van der Waals surface area contributed by atoms with Crippen molar-refractivity contribution >= 4 is 17.8 Å². The molecule has 0 atom stereocenters. The second-order valence-electron chi connectivity index (χ2n) is 5.04. The van der Waals surface area contributed by atoms with E-state index in [9.17, 15) is 14.4 Å². The molecule has 0 aliphatic carbocycles. The summed E-state index contributed by atoms with van der Waals surface area (Å²) in [5.41, 5.74) is -0.525. The minimum atomic E-state index is -1.29. The number of carbonyl (C=O) groups is 3.